The fourth-order valence-corrected chi connectivity index (χ4v) is 6.87. The molecule has 0 radical (unpaired) electrons. The van der Waals surface area contributed by atoms with E-state index in [-0.39, 0.29) is 25.4 Å². The number of halogens is 1. The Morgan fingerprint density at radius 3 is 2.64 bits per heavy atom. The van der Waals surface area contributed by atoms with Crippen molar-refractivity contribution in [1.29, 1.82) is 0 Å². The molecule has 6 rings (SSSR count). The molecule has 0 saturated carbocycles. The number of imidazole rings is 1. The summed E-state index contributed by atoms with van der Waals surface area (Å²) in [5, 5.41) is 18.1. The Labute approximate surface area is 224 Å². The molecule has 1 amide bonds. The van der Waals surface area contributed by atoms with E-state index in [0.29, 0.717) is 55.3 Å². The van der Waals surface area contributed by atoms with Crippen LogP contribution in [0.25, 0.3) is 33.5 Å². The second kappa shape index (κ2) is 9.74. The lowest BCUT2D eigenvalue weighted by Gasteiger charge is -2.36. The Bertz CT molecular complexity index is 1670. The molecule has 13 heteroatoms. The summed E-state index contributed by atoms with van der Waals surface area (Å²) in [6.07, 6.45) is 1.88. The molecule has 11 nitrogen and oxygen atoms in total. The average Bonchev–Trinajstić information content (AvgIpc) is 3.57. The number of carbonyl (C=O) groups excluding carboxylic acids is 1. The number of fused-ring (bicyclic) bond motifs is 2. The van der Waals surface area contributed by atoms with E-state index in [4.69, 9.17) is 4.98 Å². The van der Waals surface area contributed by atoms with Crippen molar-refractivity contribution in [1.82, 2.24) is 33.7 Å². The maximum Gasteiger partial charge on any atom is 0.282 e. The highest BCUT2D eigenvalue weighted by Crippen LogP contribution is 2.34. The number of phenolic OH excluding ortho intramolecular Hbond substituents is 1. The molecule has 2 aliphatic heterocycles. The Morgan fingerprint density at radius 2 is 1.90 bits per heavy atom. The van der Waals surface area contributed by atoms with Crippen LogP contribution in [0.5, 0.6) is 5.75 Å². The second-order valence-electron chi connectivity index (χ2n) is 9.79. The van der Waals surface area contributed by atoms with Gasteiger partial charge in [0.15, 0.2) is 17.4 Å². The third-order valence-corrected chi connectivity index (χ3v) is 9.51. The van der Waals surface area contributed by atoms with Gasteiger partial charge in [-0.05, 0) is 47.4 Å². The molecule has 1 fully saturated rings. The van der Waals surface area contributed by atoms with Gasteiger partial charge in [0, 0.05) is 50.2 Å². The Balaban J connectivity index is 1.26. The highest BCUT2D eigenvalue weighted by atomic mass is 32.2. The summed E-state index contributed by atoms with van der Waals surface area (Å²) in [4.78, 5) is 20.6. The summed E-state index contributed by atoms with van der Waals surface area (Å²) in [5.74, 6) is -0.495. The Morgan fingerprint density at radius 1 is 1.10 bits per heavy atom. The van der Waals surface area contributed by atoms with Crippen molar-refractivity contribution < 1.29 is 22.7 Å². The quantitative estimate of drug-likeness (QED) is 0.314. The van der Waals surface area contributed by atoms with E-state index >= 15 is 0 Å². The first-order valence-corrected chi connectivity index (χ1v) is 14.2. The van der Waals surface area contributed by atoms with Gasteiger partial charge in [-0.25, -0.2) is 9.37 Å². The molecule has 4 heterocycles. The van der Waals surface area contributed by atoms with E-state index in [9.17, 15) is 22.7 Å². The van der Waals surface area contributed by atoms with E-state index in [1.54, 1.807) is 4.90 Å². The van der Waals surface area contributed by atoms with Gasteiger partial charge in [-0.15, -0.1) is 0 Å². The summed E-state index contributed by atoms with van der Waals surface area (Å²) in [7, 11) is -3.68. The van der Waals surface area contributed by atoms with Crippen LogP contribution in [0.1, 0.15) is 23.9 Å². The van der Waals surface area contributed by atoms with E-state index in [1.165, 1.54) is 20.7 Å². The Kier molecular flexibility index (Phi) is 6.36. The smallest absolute Gasteiger partial charge is 0.282 e. The van der Waals surface area contributed by atoms with Gasteiger partial charge < -0.3 is 15.0 Å². The van der Waals surface area contributed by atoms with E-state index in [0.717, 1.165) is 34.1 Å². The molecule has 0 atom stereocenters. The van der Waals surface area contributed by atoms with Gasteiger partial charge in [0.25, 0.3) is 10.2 Å². The summed E-state index contributed by atoms with van der Waals surface area (Å²) < 4.78 is 43.5. The lowest BCUT2D eigenvalue weighted by Crippen LogP contribution is -2.53. The summed E-state index contributed by atoms with van der Waals surface area (Å²) >= 11 is 0. The van der Waals surface area contributed by atoms with Crippen LogP contribution in [0, 0.1) is 5.82 Å². The molecule has 4 aromatic rings. The molecular weight excluding hydrogens is 525 g/mol. The number of aromatic nitrogens is 4. The van der Waals surface area contributed by atoms with Gasteiger partial charge >= 0.3 is 0 Å². The molecule has 204 valence electrons. The van der Waals surface area contributed by atoms with Crippen molar-refractivity contribution in [2.75, 3.05) is 32.7 Å². The molecular formula is C26H28FN7O4S. The maximum atomic E-state index is 14.1. The number of aromatic amines is 2. The zero-order chi connectivity index (χ0) is 27.3. The van der Waals surface area contributed by atoms with Crippen LogP contribution < -0.4 is 0 Å². The standard InChI is InChI=1S/C26H28FN7O4S/c1-2-16-12-24(36)20(27)13-19(16)17-3-4-18-22(11-17)30-31-25(18)26-28-21-5-6-34(14-23(21)29-26)39(37,38)33-9-7-32(15-35)8-10-33/h3-4,11-13,15,36H,2,5-10,14H2,1H3,(H,28,29)(H,30,31). The first-order valence-electron chi connectivity index (χ1n) is 12.8. The number of carbonyl (C=O) groups is 1. The van der Waals surface area contributed by atoms with E-state index in [1.807, 2.05) is 25.1 Å². The number of benzene rings is 2. The zero-order valence-corrected chi connectivity index (χ0v) is 22.1. The van der Waals surface area contributed by atoms with Crippen molar-refractivity contribution >= 4 is 27.5 Å². The summed E-state index contributed by atoms with van der Waals surface area (Å²) in [5.41, 5.74) is 5.21. The zero-order valence-electron chi connectivity index (χ0n) is 21.3. The lowest BCUT2D eigenvalue weighted by atomic mass is 9.96. The predicted molar refractivity (Wildman–Crippen MR) is 142 cm³/mol. The topological polar surface area (TPSA) is 139 Å². The van der Waals surface area contributed by atoms with Crippen molar-refractivity contribution in [2.24, 2.45) is 0 Å². The normalized spacial score (nSPS) is 17.0. The van der Waals surface area contributed by atoms with Crippen LogP contribution in [0.3, 0.4) is 0 Å². The number of nitrogens with zero attached hydrogens (tertiary/aromatic N) is 5. The number of H-pyrrole nitrogens is 2. The molecule has 3 N–H and O–H groups in total. The third kappa shape index (κ3) is 4.45. The second-order valence-corrected chi connectivity index (χ2v) is 11.7. The third-order valence-electron chi connectivity index (χ3n) is 7.53. The largest absolute Gasteiger partial charge is 0.505 e. The van der Waals surface area contributed by atoms with Crippen LogP contribution in [-0.2, 0) is 34.4 Å². The number of aryl methyl sites for hydroxylation is 1. The molecule has 2 aliphatic rings. The number of phenols is 1. The summed E-state index contributed by atoms with van der Waals surface area (Å²) in [6, 6.07) is 8.46. The number of aromatic hydroxyl groups is 1. The highest BCUT2D eigenvalue weighted by molar-refractivity contribution is 7.86. The number of hydrogen-bond donors (Lipinski definition) is 3. The number of nitrogens with one attached hydrogen (secondary N) is 2. The molecule has 0 bridgehead atoms. The van der Waals surface area contributed by atoms with Crippen molar-refractivity contribution in [3.05, 3.63) is 53.1 Å². The molecule has 2 aromatic heterocycles. The first kappa shape index (κ1) is 25.5. The number of amides is 1. The van der Waals surface area contributed by atoms with Crippen molar-refractivity contribution in [3.63, 3.8) is 0 Å². The molecule has 0 spiro atoms. The molecule has 1 saturated heterocycles. The minimum Gasteiger partial charge on any atom is -0.505 e. The Hall–Kier alpha value is -3.81. The lowest BCUT2D eigenvalue weighted by molar-refractivity contribution is -0.119. The van der Waals surface area contributed by atoms with Gasteiger partial charge in [0.05, 0.1) is 17.8 Å². The predicted octanol–water partition coefficient (Wildman–Crippen LogP) is 2.40. The van der Waals surface area contributed by atoms with Crippen LogP contribution in [0.15, 0.2) is 30.3 Å². The van der Waals surface area contributed by atoms with Gasteiger partial charge in [-0.2, -0.15) is 22.1 Å². The maximum absolute atomic E-state index is 14.1. The molecule has 39 heavy (non-hydrogen) atoms. The van der Waals surface area contributed by atoms with Crippen molar-refractivity contribution in [3.8, 4) is 28.4 Å². The fraction of sp³-hybridized carbons (Fsp3) is 0.346. The van der Waals surface area contributed by atoms with Crippen LogP contribution >= 0.6 is 0 Å². The number of piperazine rings is 1. The average molecular weight is 554 g/mol. The monoisotopic (exact) mass is 553 g/mol. The number of hydrogen-bond acceptors (Lipinski definition) is 6. The highest BCUT2D eigenvalue weighted by Gasteiger charge is 2.35. The van der Waals surface area contributed by atoms with Crippen LogP contribution in [-0.4, -0.2) is 86.3 Å². The minimum absolute atomic E-state index is 0.154. The van der Waals surface area contributed by atoms with Gasteiger partial charge in [-0.1, -0.05) is 13.0 Å². The molecule has 0 unspecified atom stereocenters. The SMILES string of the molecule is CCc1cc(O)c(F)cc1-c1ccc2c(-c3nc4c([nH]3)CCN(S(=O)(=O)N3CCN(C=O)CC3)C4)n[nH]c2c1. The van der Waals surface area contributed by atoms with E-state index < -0.39 is 16.0 Å². The molecule has 0 aliphatic carbocycles. The number of rotatable bonds is 6. The van der Waals surface area contributed by atoms with Crippen LogP contribution in [0.4, 0.5) is 4.39 Å². The first-order chi connectivity index (χ1) is 18.8. The minimum atomic E-state index is -3.68. The fourth-order valence-electron chi connectivity index (χ4n) is 5.31. The summed E-state index contributed by atoms with van der Waals surface area (Å²) in [6.45, 7) is 3.73. The van der Waals surface area contributed by atoms with Crippen LogP contribution in [0.2, 0.25) is 0 Å². The van der Waals surface area contributed by atoms with Gasteiger partial charge in [0.1, 0.15) is 5.69 Å². The van der Waals surface area contributed by atoms with Gasteiger partial charge in [0.2, 0.25) is 6.41 Å². The van der Waals surface area contributed by atoms with Gasteiger partial charge in [-0.3, -0.25) is 9.89 Å². The van der Waals surface area contributed by atoms with E-state index in [2.05, 4.69) is 15.2 Å². The van der Waals surface area contributed by atoms with Crippen molar-refractivity contribution in [2.45, 2.75) is 26.3 Å². The molecule has 2 aromatic carbocycles.